The zero-order valence-corrected chi connectivity index (χ0v) is 8.23. The Labute approximate surface area is 86.5 Å². The standard InChI is InChI=1S/C10H11FO4/c1-13-6-7-14-9-5-3-2-4-8(9)10(12)15-11/h2-5H,6-7H2,1H3. The third-order valence-corrected chi connectivity index (χ3v) is 1.72. The van der Waals surface area contributed by atoms with E-state index in [9.17, 15) is 9.32 Å². The van der Waals surface area contributed by atoms with Gasteiger partial charge in [-0.3, -0.25) is 0 Å². The van der Waals surface area contributed by atoms with Gasteiger partial charge in [-0.25, -0.2) is 9.74 Å². The molecule has 4 nitrogen and oxygen atoms in total. The molecule has 1 aromatic rings. The molecule has 0 aromatic heterocycles. The van der Waals surface area contributed by atoms with E-state index < -0.39 is 5.97 Å². The van der Waals surface area contributed by atoms with E-state index >= 15 is 0 Å². The molecule has 0 spiro atoms. The minimum atomic E-state index is -1.07. The highest BCUT2D eigenvalue weighted by atomic mass is 19.3. The van der Waals surface area contributed by atoms with Gasteiger partial charge in [0.05, 0.1) is 6.61 Å². The zero-order valence-electron chi connectivity index (χ0n) is 8.23. The molecule has 82 valence electrons. The Hall–Kier alpha value is -1.62. The summed E-state index contributed by atoms with van der Waals surface area (Å²) in [5.74, 6) is -0.791. The van der Waals surface area contributed by atoms with Crippen LogP contribution in [0.4, 0.5) is 4.53 Å². The Morgan fingerprint density at radius 3 is 2.73 bits per heavy atom. The molecule has 0 radical (unpaired) electrons. The van der Waals surface area contributed by atoms with E-state index in [2.05, 4.69) is 4.94 Å². The van der Waals surface area contributed by atoms with Crippen molar-refractivity contribution in [1.29, 1.82) is 0 Å². The minimum absolute atomic E-state index is 0.0519. The molecule has 15 heavy (non-hydrogen) atoms. The number of para-hydroxylation sites is 1. The van der Waals surface area contributed by atoms with E-state index in [1.54, 1.807) is 18.2 Å². The van der Waals surface area contributed by atoms with Crippen LogP contribution in [-0.2, 0) is 9.68 Å². The number of hydrogen-bond donors (Lipinski definition) is 0. The maximum Gasteiger partial charge on any atom is 0.383 e. The SMILES string of the molecule is COCCOc1ccccc1C(=O)OF. The maximum absolute atomic E-state index is 11.7. The lowest BCUT2D eigenvalue weighted by Gasteiger charge is -2.07. The molecule has 0 atom stereocenters. The highest BCUT2D eigenvalue weighted by molar-refractivity contribution is 5.92. The van der Waals surface area contributed by atoms with Gasteiger partial charge in [0.2, 0.25) is 0 Å². The number of benzene rings is 1. The van der Waals surface area contributed by atoms with E-state index in [1.807, 2.05) is 0 Å². The fraction of sp³-hybridized carbons (Fsp3) is 0.300. The van der Waals surface area contributed by atoms with Crippen LogP contribution in [0.15, 0.2) is 24.3 Å². The first-order valence-corrected chi connectivity index (χ1v) is 4.33. The number of carbonyl (C=O) groups excluding carboxylic acids is 1. The smallest absolute Gasteiger partial charge is 0.383 e. The van der Waals surface area contributed by atoms with Gasteiger partial charge >= 0.3 is 5.97 Å². The molecule has 1 aromatic carbocycles. The average Bonchev–Trinajstić information content (AvgIpc) is 2.29. The van der Waals surface area contributed by atoms with Crippen molar-refractivity contribution in [2.75, 3.05) is 20.3 Å². The average molecular weight is 214 g/mol. The van der Waals surface area contributed by atoms with Crippen LogP contribution in [0.3, 0.4) is 0 Å². The monoisotopic (exact) mass is 214 g/mol. The van der Waals surface area contributed by atoms with Crippen LogP contribution < -0.4 is 4.74 Å². The predicted molar refractivity (Wildman–Crippen MR) is 50.3 cm³/mol. The number of rotatable bonds is 5. The molecule has 0 saturated heterocycles. The van der Waals surface area contributed by atoms with Crippen molar-refractivity contribution in [2.24, 2.45) is 0 Å². The zero-order chi connectivity index (χ0) is 11.1. The molecule has 0 aliphatic heterocycles. The van der Waals surface area contributed by atoms with Gasteiger partial charge in [-0.1, -0.05) is 12.1 Å². The largest absolute Gasteiger partial charge is 0.490 e. The number of halogens is 1. The van der Waals surface area contributed by atoms with Crippen molar-refractivity contribution in [2.45, 2.75) is 0 Å². The molecule has 1 rings (SSSR count). The highest BCUT2D eigenvalue weighted by Gasteiger charge is 2.13. The number of hydrogen-bond acceptors (Lipinski definition) is 4. The van der Waals surface area contributed by atoms with Crippen LogP contribution >= 0.6 is 0 Å². The van der Waals surface area contributed by atoms with Crippen LogP contribution in [0.1, 0.15) is 10.4 Å². The first kappa shape index (κ1) is 11.5. The van der Waals surface area contributed by atoms with Crippen LogP contribution in [-0.4, -0.2) is 26.3 Å². The van der Waals surface area contributed by atoms with Crippen LogP contribution in [0.5, 0.6) is 5.75 Å². The molecule has 0 N–H and O–H groups in total. The maximum atomic E-state index is 11.7. The highest BCUT2D eigenvalue weighted by Crippen LogP contribution is 2.18. The summed E-state index contributed by atoms with van der Waals surface area (Å²) in [6, 6.07) is 6.25. The van der Waals surface area contributed by atoms with Crippen molar-refractivity contribution < 1.29 is 23.7 Å². The predicted octanol–water partition coefficient (Wildman–Crippen LogP) is 1.75. The lowest BCUT2D eigenvalue weighted by Crippen LogP contribution is -2.08. The van der Waals surface area contributed by atoms with Crippen molar-refractivity contribution in [3.05, 3.63) is 29.8 Å². The summed E-state index contributed by atoms with van der Waals surface area (Å²) in [5.41, 5.74) is 0.0519. The van der Waals surface area contributed by atoms with Crippen LogP contribution in [0.25, 0.3) is 0 Å². The van der Waals surface area contributed by atoms with Gasteiger partial charge in [-0.05, 0) is 12.1 Å². The van der Waals surface area contributed by atoms with Gasteiger partial charge in [-0.15, -0.1) is 0 Å². The molecule has 0 heterocycles. The van der Waals surface area contributed by atoms with Gasteiger partial charge in [0.25, 0.3) is 0 Å². The second-order valence-corrected chi connectivity index (χ2v) is 2.70. The molecule has 5 heteroatoms. The van der Waals surface area contributed by atoms with Crippen molar-refractivity contribution in [3.63, 3.8) is 0 Å². The van der Waals surface area contributed by atoms with Gasteiger partial charge in [0.15, 0.2) is 0 Å². The summed E-state index contributed by atoms with van der Waals surface area (Å²) >= 11 is 0. The molecule has 0 saturated carbocycles. The first-order valence-electron chi connectivity index (χ1n) is 4.33. The lowest BCUT2D eigenvalue weighted by atomic mass is 10.2. The Balaban J connectivity index is 2.73. The third-order valence-electron chi connectivity index (χ3n) is 1.72. The van der Waals surface area contributed by atoms with E-state index in [4.69, 9.17) is 9.47 Å². The topological polar surface area (TPSA) is 44.8 Å². The first-order chi connectivity index (χ1) is 7.29. The van der Waals surface area contributed by atoms with Crippen molar-refractivity contribution >= 4 is 5.97 Å². The molecule has 0 unspecified atom stereocenters. The molecule has 0 fully saturated rings. The van der Waals surface area contributed by atoms with E-state index in [0.29, 0.717) is 6.61 Å². The van der Waals surface area contributed by atoms with Gasteiger partial charge in [0.1, 0.15) is 17.9 Å². The van der Waals surface area contributed by atoms with Gasteiger partial charge in [-0.2, -0.15) is 0 Å². The Morgan fingerprint density at radius 2 is 2.07 bits per heavy atom. The Bertz CT molecular complexity index is 327. The van der Waals surface area contributed by atoms with Gasteiger partial charge in [0, 0.05) is 11.6 Å². The van der Waals surface area contributed by atoms with Gasteiger partial charge < -0.3 is 9.47 Å². The molecular formula is C10H11FO4. The Kier molecular flexibility index (Phi) is 4.56. The summed E-state index contributed by atoms with van der Waals surface area (Å²) in [7, 11) is 1.53. The molecule has 0 bridgehead atoms. The minimum Gasteiger partial charge on any atom is -0.490 e. The van der Waals surface area contributed by atoms with Crippen LogP contribution in [0.2, 0.25) is 0 Å². The number of carbonyl (C=O) groups is 1. The fourth-order valence-corrected chi connectivity index (χ4v) is 1.04. The fourth-order valence-electron chi connectivity index (χ4n) is 1.04. The third kappa shape index (κ3) is 3.21. The molecular weight excluding hydrogens is 203 g/mol. The quantitative estimate of drug-likeness (QED) is 0.700. The van der Waals surface area contributed by atoms with E-state index in [-0.39, 0.29) is 17.9 Å². The summed E-state index contributed by atoms with van der Waals surface area (Å²) < 4.78 is 21.7. The Morgan fingerprint density at radius 1 is 1.33 bits per heavy atom. The summed E-state index contributed by atoms with van der Waals surface area (Å²) in [6.07, 6.45) is 0. The van der Waals surface area contributed by atoms with E-state index in [1.165, 1.54) is 13.2 Å². The second kappa shape index (κ2) is 5.98. The number of ether oxygens (including phenoxy) is 2. The summed E-state index contributed by atoms with van der Waals surface area (Å²) in [4.78, 5) is 14.1. The second-order valence-electron chi connectivity index (χ2n) is 2.70. The summed E-state index contributed by atoms with van der Waals surface area (Å²) in [5, 5.41) is 0. The number of methoxy groups -OCH3 is 1. The molecule has 0 aliphatic rings. The van der Waals surface area contributed by atoms with Crippen molar-refractivity contribution in [3.8, 4) is 5.75 Å². The summed E-state index contributed by atoms with van der Waals surface area (Å²) in [6.45, 7) is 0.673. The molecule has 0 aliphatic carbocycles. The molecule has 0 amide bonds. The van der Waals surface area contributed by atoms with E-state index in [0.717, 1.165) is 0 Å². The van der Waals surface area contributed by atoms with Crippen LogP contribution in [0, 0.1) is 0 Å². The van der Waals surface area contributed by atoms with Crippen molar-refractivity contribution in [1.82, 2.24) is 0 Å². The lowest BCUT2D eigenvalue weighted by molar-refractivity contribution is -0.0790. The normalized spacial score (nSPS) is 9.73.